The summed E-state index contributed by atoms with van der Waals surface area (Å²) in [5.74, 6) is -4.25. The Morgan fingerprint density at radius 3 is 2.46 bits per heavy atom. The number of amides is 2. The highest BCUT2D eigenvalue weighted by atomic mass is 19.3. The van der Waals surface area contributed by atoms with Crippen molar-refractivity contribution in [3.05, 3.63) is 35.1 Å². The second-order valence-electron chi connectivity index (χ2n) is 7.38. The van der Waals surface area contributed by atoms with Gasteiger partial charge < -0.3 is 4.90 Å². The number of alkyl halides is 2. The Kier molecular flexibility index (Phi) is 6.37. The van der Waals surface area contributed by atoms with E-state index in [2.05, 4.69) is 5.32 Å². The number of allylic oxidation sites excluding steroid dienone is 4. The third-order valence-corrected chi connectivity index (χ3v) is 5.22. The largest absolute Gasteiger partial charge is 0.366 e. The molecule has 144 valence electrons. The number of carbonyl (C=O) groups excluding carboxylic acids is 2. The molecule has 0 bridgehead atoms. The maximum atomic E-state index is 14.1. The van der Waals surface area contributed by atoms with Crippen LogP contribution in [0.2, 0.25) is 0 Å². The molecule has 1 N–H and O–H groups in total. The molecular formula is C20H28F2N2O2. The van der Waals surface area contributed by atoms with Crippen LogP contribution in [-0.2, 0) is 9.59 Å². The fourth-order valence-corrected chi connectivity index (χ4v) is 3.44. The summed E-state index contributed by atoms with van der Waals surface area (Å²) in [5, 5.41) is 2.36. The molecule has 0 saturated carbocycles. The molecule has 0 aromatic carbocycles. The van der Waals surface area contributed by atoms with Crippen LogP contribution in [0.25, 0.3) is 0 Å². The zero-order valence-electron chi connectivity index (χ0n) is 15.9. The standard InChI is InChI=1S/C20H28F2N2O2/c1-5-15(16-7-9-18(25)23-19(16)26)6-8-17(13(2)3)24-11-10-14(4)20(21,22)12-24/h5-6,8,14,16H,7,9-12H2,1-4H3,(H,23,25,26)/b8-6-,15-5+. The van der Waals surface area contributed by atoms with Crippen LogP contribution < -0.4 is 5.32 Å². The van der Waals surface area contributed by atoms with Gasteiger partial charge in [-0.1, -0.05) is 24.6 Å². The predicted octanol–water partition coefficient (Wildman–Crippen LogP) is 3.81. The number of imide groups is 1. The van der Waals surface area contributed by atoms with Gasteiger partial charge in [0, 0.05) is 24.6 Å². The van der Waals surface area contributed by atoms with Crippen LogP contribution in [0.5, 0.6) is 0 Å². The number of halogens is 2. The minimum Gasteiger partial charge on any atom is -0.366 e. The smallest absolute Gasteiger partial charge is 0.267 e. The molecule has 0 aromatic heterocycles. The molecule has 2 saturated heterocycles. The van der Waals surface area contributed by atoms with Crippen LogP contribution in [0.1, 0.15) is 47.0 Å². The summed E-state index contributed by atoms with van der Waals surface area (Å²) >= 11 is 0. The fourth-order valence-electron chi connectivity index (χ4n) is 3.44. The first-order chi connectivity index (χ1) is 12.2. The van der Waals surface area contributed by atoms with E-state index in [1.165, 1.54) is 0 Å². The maximum Gasteiger partial charge on any atom is 0.267 e. The molecule has 0 aromatic rings. The summed E-state index contributed by atoms with van der Waals surface area (Å²) in [6, 6.07) is 0. The molecule has 0 aliphatic carbocycles. The van der Waals surface area contributed by atoms with Crippen molar-refractivity contribution in [3.8, 4) is 0 Å². The maximum absolute atomic E-state index is 14.1. The first-order valence-corrected chi connectivity index (χ1v) is 9.14. The van der Waals surface area contributed by atoms with Crippen molar-refractivity contribution in [2.75, 3.05) is 13.1 Å². The zero-order valence-corrected chi connectivity index (χ0v) is 15.9. The molecule has 2 heterocycles. The molecule has 2 aliphatic heterocycles. The summed E-state index contributed by atoms with van der Waals surface area (Å²) < 4.78 is 28.3. The molecule has 2 fully saturated rings. The summed E-state index contributed by atoms with van der Waals surface area (Å²) in [7, 11) is 0. The highest BCUT2D eigenvalue weighted by Gasteiger charge is 2.42. The van der Waals surface area contributed by atoms with Crippen molar-refractivity contribution in [3.63, 3.8) is 0 Å². The fraction of sp³-hybridized carbons (Fsp3) is 0.600. The van der Waals surface area contributed by atoms with E-state index in [0.29, 0.717) is 25.8 Å². The van der Waals surface area contributed by atoms with Crippen LogP contribution in [0, 0.1) is 11.8 Å². The third kappa shape index (κ3) is 4.59. The van der Waals surface area contributed by atoms with E-state index in [-0.39, 0.29) is 24.3 Å². The van der Waals surface area contributed by atoms with E-state index in [1.54, 1.807) is 11.8 Å². The number of likely N-dealkylation sites (tertiary alicyclic amines) is 1. The van der Waals surface area contributed by atoms with Crippen LogP contribution in [0.15, 0.2) is 35.1 Å². The van der Waals surface area contributed by atoms with Crippen molar-refractivity contribution < 1.29 is 18.4 Å². The average Bonchev–Trinajstić information content (AvgIpc) is 2.55. The van der Waals surface area contributed by atoms with Gasteiger partial charge in [0.2, 0.25) is 11.8 Å². The normalized spacial score (nSPS) is 26.8. The molecule has 2 unspecified atom stereocenters. The SMILES string of the molecule is C/C=C(\C=C/C(=C(C)C)N1CCC(C)C(F)(F)C1)C1CCC(=O)NC1=O. The van der Waals surface area contributed by atoms with Crippen LogP contribution >= 0.6 is 0 Å². The Morgan fingerprint density at radius 2 is 1.92 bits per heavy atom. The van der Waals surface area contributed by atoms with Gasteiger partial charge in [0.1, 0.15) is 0 Å². The van der Waals surface area contributed by atoms with Gasteiger partial charge >= 0.3 is 0 Å². The van der Waals surface area contributed by atoms with Gasteiger partial charge in [0.15, 0.2) is 0 Å². The summed E-state index contributed by atoms with van der Waals surface area (Å²) in [6.45, 7) is 7.53. The molecule has 2 amide bonds. The molecule has 0 spiro atoms. The molecule has 2 rings (SSSR count). The third-order valence-electron chi connectivity index (χ3n) is 5.22. The van der Waals surface area contributed by atoms with E-state index >= 15 is 0 Å². The number of rotatable bonds is 4. The first-order valence-electron chi connectivity index (χ1n) is 9.14. The van der Waals surface area contributed by atoms with Crippen molar-refractivity contribution in [1.82, 2.24) is 10.2 Å². The lowest BCUT2D eigenvalue weighted by Gasteiger charge is -2.39. The highest BCUT2D eigenvalue weighted by molar-refractivity contribution is 6.00. The highest BCUT2D eigenvalue weighted by Crippen LogP contribution is 2.35. The summed E-state index contributed by atoms with van der Waals surface area (Å²) in [6.07, 6.45) is 6.71. The monoisotopic (exact) mass is 366 g/mol. The molecule has 2 atom stereocenters. The lowest BCUT2D eigenvalue weighted by atomic mass is 9.89. The van der Waals surface area contributed by atoms with Gasteiger partial charge in [-0.25, -0.2) is 8.78 Å². The minimum atomic E-state index is -2.71. The number of piperidine rings is 2. The van der Waals surface area contributed by atoms with E-state index in [4.69, 9.17) is 0 Å². The van der Waals surface area contributed by atoms with Gasteiger partial charge in [-0.05, 0) is 45.3 Å². The number of nitrogens with zero attached hydrogens (tertiary/aromatic N) is 1. The molecule has 6 heteroatoms. The van der Waals surface area contributed by atoms with E-state index in [1.807, 2.05) is 39.0 Å². The van der Waals surface area contributed by atoms with Crippen LogP contribution in [0.4, 0.5) is 8.78 Å². The Balaban J connectivity index is 2.18. The Bertz CT molecular complexity index is 661. The molecule has 26 heavy (non-hydrogen) atoms. The van der Waals surface area contributed by atoms with E-state index < -0.39 is 11.8 Å². The summed E-state index contributed by atoms with van der Waals surface area (Å²) in [4.78, 5) is 25.1. The van der Waals surface area contributed by atoms with E-state index in [0.717, 1.165) is 16.8 Å². The number of carbonyl (C=O) groups is 2. The lowest BCUT2D eigenvalue weighted by molar-refractivity contribution is -0.135. The van der Waals surface area contributed by atoms with Crippen molar-refractivity contribution in [2.45, 2.75) is 52.9 Å². The van der Waals surface area contributed by atoms with Crippen molar-refractivity contribution in [1.29, 1.82) is 0 Å². The molecule has 4 nitrogen and oxygen atoms in total. The number of hydrogen-bond acceptors (Lipinski definition) is 3. The first kappa shape index (κ1) is 20.3. The molecule has 0 radical (unpaired) electrons. The van der Waals surface area contributed by atoms with Crippen LogP contribution in [0.3, 0.4) is 0 Å². The van der Waals surface area contributed by atoms with Gasteiger partial charge in [0.25, 0.3) is 5.92 Å². The topological polar surface area (TPSA) is 49.4 Å². The average molecular weight is 366 g/mol. The van der Waals surface area contributed by atoms with Gasteiger partial charge in [-0.15, -0.1) is 0 Å². The summed E-state index contributed by atoms with van der Waals surface area (Å²) in [5.41, 5.74) is 2.51. The van der Waals surface area contributed by atoms with Gasteiger partial charge in [-0.3, -0.25) is 14.9 Å². The van der Waals surface area contributed by atoms with E-state index in [9.17, 15) is 18.4 Å². The minimum absolute atomic E-state index is 0.250. The Morgan fingerprint density at radius 1 is 1.23 bits per heavy atom. The lowest BCUT2D eigenvalue weighted by Crippen LogP contribution is -2.47. The second-order valence-corrected chi connectivity index (χ2v) is 7.38. The van der Waals surface area contributed by atoms with Crippen molar-refractivity contribution in [2.24, 2.45) is 11.8 Å². The van der Waals surface area contributed by atoms with Crippen molar-refractivity contribution >= 4 is 11.8 Å². The molecule has 2 aliphatic rings. The number of hydrogen-bond donors (Lipinski definition) is 1. The van der Waals surface area contributed by atoms with Gasteiger partial charge in [-0.2, -0.15) is 0 Å². The Labute approximate surface area is 154 Å². The number of nitrogens with one attached hydrogen (secondary N) is 1. The quantitative estimate of drug-likeness (QED) is 0.608. The zero-order chi connectivity index (χ0) is 19.5. The molecular weight excluding hydrogens is 338 g/mol. The predicted molar refractivity (Wildman–Crippen MR) is 97.4 cm³/mol. The Hall–Kier alpha value is -1.98. The van der Waals surface area contributed by atoms with Gasteiger partial charge in [0.05, 0.1) is 12.5 Å². The second kappa shape index (κ2) is 8.14. The van der Waals surface area contributed by atoms with Crippen LogP contribution in [-0.4, -0.2) is 35.7 Å².